The summed E-state index contributed by atoms with van der Waals surface area (Å²) in [6, 6.07) is 7.71. The number of hydrogen-bond donors (Lipinski definition) is 1. The van der Waals surface area contributed by atoms with Gasteiger partial charge in [-0.05, 0) is 24.3 Å². The Balaban J connectivity index is 2.31. The van der Waals surface area contributed by atoms with Gasteiger partial charge >= 0.3 is 0 Å². The molecule has 2 rings (SSSR count). The molecule has 1 N–H and O–H groups in total. The molecule has 0 aromatic heterocycles. The fraction of sp³-hybridized carbons (Fsp3) is 0.133. The number of amides is 1. The summed E-state index contributed by atoms with van der Waals surface area (Å²) in [5.41, 5.74) is 0.155. The molecule has 2 aromatic carbocycles. The number of hydrogen-bond acceptors (Lipinski definition) is 5. The number of anilines is 2. The van der Waals surface area contributed by atoms with Crippen molar-refractivity contribution in [3.63, 3.8) is 0 Å². The topological polar surface area (TPSA) is 110 Å². The normalized spacial score (nSPS) is 11.1. The van der Waals surface area contributed by atoms with Gasteiger partial charge < -0.3 is 5.32 Å². The number of rotatable bonds is 5. The minimum Gasteiger partial charge on any atom is -0.320 e. The van der Waals surface area contributed by atoms with Crippen molar-refractivity contribution in [3.05, 3.63) is 62.1 Å². The zero-order valence-corrected chi connectivity index (χ0v) is 15.9. The SMILES string of the molecule is CN(c1ccc(C(=O)Nc2cc([N+](=O)[O-])ccc2Cl)c(Cl)c1)S(C)(=O)=O. The van der Waals surface area contributed by atoms with Crippen LogP contribution in [0.2, 0.25) is 10.0 Å². The highest BCUT2D eigenvalue weighted by atomic mass is 35.5. The Hall–Kier alpha value is -2.36. The highest BCUT2D eigenvalue weighted by Crippen LogP contribution is 2.29. The van der Waals surface area contributed by atoms with Crippen LogP contribution < -0.4 is 9.62 Å². The van der Waals surface area contributed by atoms with Crippen molar-refractivity contribution in [2.45, 2.75) is 0 Å². The molecule has 11 heteroatoms. The second-order valence-corrected chi connectivity index (χ2v) is 8.10. The molecule has 0 heterocycles. The molecule has 0 atom stereocenters. The number of nitrogens with zero attached hydrogens (tertiary/aromatic N) is 2. The Kier molecular flexibility index (Phi) is 5.74. The van der Waals surface area contributed by atoms with E-state index in [1.165, 1.54) is 37.4 Å². The van der Waals surface area contributed by atoms with Crippen molar-refractivity contribution in [2.75, 3.05) is 22.9 Å². The van der Waals surface area contributed by atoms with E-state index in [4.69, 9.17) is 23.2 Å². The fourth-order valence-electron chi connectivity index (χ4n) is 1.99. The number of carbonyl (C=O) groups excluding carboxylic acids is 1. The van der Waals surface area contributed by atoms with E-state index in [9.17, 15) is 23.3 Å². The van der Waals surface area contributed by atoms with E-state index in [0.717, 1.165) is 16.6 Å². The molecule has 0 unspecified atom stereocenters. The van der Waals surface area contributed by atoms with Gasteiger partial charge in [-0.2, -0.15) is 0 Å². The van der Waals surface area contributed by atoms with Gasteiger partial charge in [0.2, 0.25) is 10.0 Å². The summed E-state index contributed by atoms with van der Waals surface area (Å²) in [5, 5.41) is 13.4. The Morgan fingerprint density at radius 1 is 1.15 bits per heavy atom. The quantitative estimate of drug-likeness (QED) is 0.590. The van der Waals surface area contributed by atoms with Crippen LogP contribution >= 0.6 is 23.2 Å². The smallest absolute Gasteiger partial charge is 0.271 e. The third kappa shape index (κ3) is 4.43. The largest absolute Gasteiger partial charge is 0.320 e. The number of carbonyl (C=O) groups is 1. The van der Waals surface area contributed by atoms with Crippen molar-refractivity contribution < 1.29 is 18.1 Å². The van der Waals surface area contributed by atoms with Crippen LogP contribution in [-0.2, 0) is 10.0 Å². The standard InChI is InChI=1S/C15H13Cl2N3O5S/c1-19(26(2,24)25)9-3-5-11(13(17)7-9)15(21)18-14-8-10(20(22)23)4-6-12(14)16/h3-8H,1-2H3,(H,18,21). The maximum atomic E-state index is 12.4. The predicted molar refractivity (Wildman–Crippen MR) is 101 cm³/mol. The van der Waals surface area contributed by atoms with Crippen LogP contribution in [0.1, 0.15) is 10.4 Å². The van der Waals surface area contributed by atoms with Gasteiger partial charge in [-0.15, -0.1) is 0 Å². The van der Waals surface area contributed by atoms with Gasteiger partial charge in [-0.25, -0.2) is 8.42 Å². The minimum absolute atomic E-state index is 0.0112. The number of nitro benzene ring substituents is 1. The van der Waals surface area contributed by atoms with Gasteiger partial charge in [0.15, 0.2) is 0 Å². The molecule has 0 fully saturated rings. The molecule has 0 saturated carbocycles. The van der Waals surface area contributed by atoms with E-state index < -0.39 is 20.9 Å². The van der Waals surface area contributed by atoms with E-state index in [0.29, 0.717) is 0 Å². The first-order valence-corrected chi connectivity index (χ1v) is 9.60. The molecule has 0 saturated heterocycles. The van der Waals surface area contributed by atoms with Gasteiger partial charge in [0, 0.05) is 19.2 Å². The summed E-state index contributed by atoms with van der Waals surface area (Å²) in [6.07, 6.45) is 1.03. The Bertz CT molecular complexity index is 995. The van der Waals surface area contributed by atoms with E-state index in [2.05, 4.69) is 5.32 Å². The Labute approximate surface area is 159 Å². The molecular weight excluding hydrogens is 405 g/mol. The van der Waals surface area contributed by atoms with Crippen molar-refractivity contribution in [1.82, 2.24) is 0 Å². The van der Waals surface area contributed by atoms with Crippen LogP contribution in [0.3, 0.4) is 0 Å². The predicted octanol–water partition coefficient (Wildman–Crippen LogP) is 3.55. The molecule has 2 aromatic rings. The van der Waals surface area contributed by atoms with Gasteiger partial charge in [0.1, 0.15) is 0 Å². The molecule has 0 aliphatic carbocycles. The first kappa shape index (κ1) is 20.0. The molecule has 8 nitrogen and oxygen atoms in total. The van der Waals surface area contributed by atoms with Crippen LogP contribution in [-0.4, -0.2) is 32.6 Å². The van der Waals surface area contributed by atoms with Crippen LogP contribution in [0.25, 0.3) is 0 Å². The van der Waals surface area contributed by atoms with Gasteiger partial charge in [0.05, 0.1) is 38.2 Å². The Morgan fingerprint density at radius 3 is 2.35 bits per heavy atom. The van der Waals surface area contributed by atoms with Crippen LogP contribution in [0, 0.1) is 10.1 Å². The number of halogens is 2. The number of benzene rings is 2. The lowest BCUT2D eigenvalue weighted by Gasteiger charge is -2.17. The fourth-order valence-corrected chi connectivity index (χ4v) is 2.91. The van der Waals surface area contributed by atoms with Crippen LogP contribution in [0.15, 0.2) is 36.4 Å². The molecule has 26 heavy (non-hydrogen) atoms. The lowest BCUT2D eigenvalue weighted by Crippen LogP contribution is -2.25. The summed E-state index contributed by atoms with van der Waals surface area (Å²) in [5.74, 6) is -0.647. The highest BCUT2D eigenvalue weighted by Gasteiger charge is 2.18. The maximum Gasteiger partial charge on any atom is 0.271 e. The summed E-state index contributed by atoms with van der Waals surface area (Å²) >= 11 is 12.0. The third-order valence-corrected chi connectivity index (χ3v) is 5.32. The second-order valence-electron chi connectivity index (χ2n) is 5.27. The van der Waals surface area contributed by atoms with E-state index >= 15 is 0 Å². The molecule has 1 amide bonds. The molecular formula is C15H13Cl2N3O5S. The van der Waals surface area contributed by atoms with Crippen molar-refractivity contribution >= 4 is 56.2 Å². The number of sulfonamides is 1. The summed E-state index contributed by atoms with van der Waals surface area (Å²) in [4.78, 5) is 22.6. The van der Waals surface area contributed by atoms with E-state index in [1.807, 2.05) is 0 Å². The number of non-ortho nitro benzene ring substituents is 1. The van der Waals surface area contributed by atoms with E-state index in [-0.39, 0.29) is 32.7 Å². The molecule has 0 aliphatic rings. The Morgan fingerprint density at radius 2 is 1.81 bits per heavy atom. The summed E-state index contributed by atoms with van der Waals surface area (Å²) < 4.78 is 24.1. The average Bonchev–Trinajstić information content (AvgIpc) is 2.54. The van der Waals surface area contributed by atoms with Gasteiger partial charge in [-0.3, -0.25) is 19.2 Å². The first-order chi connectivity index (χ1) is 12.0. The summed E-state index contributed by atoms with van der Waals surface area (Å²) in [6.45, 7) is 0. The van der Waals surface area contributed by atoms with Crippen LogP contribution in [0.4, 0.5) is 17.1 Å². The molecule has 0 bridgehead atoms. The zero-order chi connectivity index (χ0) is 19.6. The lowest BCUT2D eigenvalue weighted by molar-refractivity contribution is -0.384. The van der Waals surface area contributed by atoms with Crippen LogP contribution in [0.5, 0.6) is 0 Å². The summed E-state index contributed by atoms with van der Waals surface area (Å²) in [7, 11) is -2.13. The van der Waals surface area contributed by atoms with E-state index in [1.54, 1.807) is 0 Å². The van der Waals surface area contributed by atoms with Crippen molar-refractivity contribution in [3.8, 4) is 0 Å². The van der Waals surface area contributed by atoms with Gasteiger partial charge in [0.25, 0.3) is 11.6 Å². The van der Waals surface area contributed by atoms with Crippen molar-refractivity contribution in [1.29, 1.82) is 0 Å². The average molecular weight is 418 g/mol. The lowest BCUT2D eigenvalue weighted by atomic mass is 10.2. The maximum absolute atomic E-state index is 12.4. The zero-order valence-electron chi connectivity index (χ0n) is 13.6. The molecule has 0 aliphatic heterocycles. The number of nitro groups is 1. The molecule has 0 radical (unpaired) electrons. The first-order valence-electron chi connectivity index (χ1n) is 6.99. The third-order valence-electron chi connectivity index (χ3n) is 3.47. The molecule has 0 spiro atoms. The second kappa shape index (κ2) is 7.48. The highest BCUT2D eigenvalue weighted by molar-refractivity contribution is 7.92. The van der Waals surface area contributed by atoms with Crippen molar-refractivity contribution in [2.24, 2.45) is 0 Å². The number of nitrogens with one attached hydrogen (secondary N) is 1. The van der Waals surface area contributed by atoms with Gasteiger partial charge in [-0.1, -0.05) is 23.2 Å². The molecule has 138 valence electrons. The minimum atomic E-state index is -3.48. The monoisotopic (exact) mass is 417 g/mol.